The van der Waals surface area contributed by atoms with E-state index in [-0.39, 0.29) is 12.5 Å². The normalized spacial score (nSPS) is 19.1. The molecular weight excluding hydrogens is 492 g/mol. The Hall–Kier alpha value is -4.40. The van der Waals surface area contributed by atoms with Crippen LogP contribution in [0.3, 0.4) is 0 Å². The molecule has 1 aliphatic carbocycles. The van der Waals surface area contributed by atoms with Gasteiger partial charge < -0.3 is 33.9 Å². The van der Waals surface area contributed by atoms with Crippen molar-refractivity contribution in [1.29, 1.82) is 0 Å². The minimum Gasteiger partial charge on any atom is -0.497 e. The van der Waals surface area contributed by atoms with Crippen LogP contribution >= 0.6 is 0 Å². The van der Waals surface area contributed by atoms with Gasteiger partial charge in [-0.2, -0.15) is 0 Å². The van der Waals surface area contributed by atoms with E-state index >= 15 is 0 Å². The molecule has 5 rings (SSSR count). The smallest absolute Gasteiger partial charge is 0.341 e. The highest BCUT2D eigenvalue weighted by Gasteiger charge is 2.48. The number of ether oxygens (including phenoxy) is 5. The zero-order chi connectivity index (χ0) is 26.8. The Balaban J connectivity index is 1.69. The molecule has 0 saturated heterocycles. The van der Waals surface area contributed by atoms with Crippen LogP contribution in [-0.2, 0) is 9.59 Å². The summed E-state index contributed by atoms with van der Waals surface area (Å²) in [7, 11) is 1.49. The standard InChI is InChI=1S/C29H28O9/c1-3-10-35-18-6-7-19-21(12-18)27(20-8-5-17(34-2)13-23(20)36-14-25(30)31)28(29(32)33)26(19)16-4-9-22-24(11-16)38-15-37-22/h4-9,11-13,26-28H,3,10,14-15H2,1-2H3,(H,30,31)(H,32,33)/t26-,27+,28-/m0/s1. The summed E-state index contributed by atoms with van der Waals surface area (Å²) in [6.07, 6.45) is 0.823. The summed E-state index contributed by atoms with van der Waals surface area (Å²) in [5.41, 5.74) is 2.94. The summed E-state index contributed by atoms with van der Waals surface area (Å²) >= 11 is 0. The van der Waals surface area contributed by atoms with Crippen molar-refractivity contribution in [3.63, 3.8) is 0 Å². The molecule has 9 heteroatoms. The topological polar surface area (TPSA) is 121 Å². The maximum absolute atomic E-state index is 13.0. The van der Waals surface area contributed by atoms with Crippen LogP contribution in [0.25, 0.3) is 0 Å². The first-order chi connectivity index (χ1) is 18.4. The van der Waals surface area contributed by atoms with Crippen LogP contribution in [0.15, 0.2) is 54.6 Å². The van der Waals surface area contributed by atoms with E-state index < -0.39 is 36.3 Å². The molecule has 0 radical (unpaired) electrons. The number of carboxylic acid groups (broad SMARTS) is 2. The van der Waals surface area contributed by atoms with Crippen LogP contribution in [0.4, 0.5) is 0 Å². The molecule has 0 aromatic heterocycles. The second-order valence-electron chi connectivity index (χ2n) is 9.16. The van der Waals surface area contributed by atoms with E-state index in [1.165, 1.54) is 7.11 Å². The number of aliphatic carboxylic acids is 2. The number of fused-ring (bicyclic) bond motifs is 2. The summed E-state index contributed by atoms with van der Waals surface area (Å²) in [6.45, 7) is 2.06. The molecule has 1 heterocycles. The van der Waals surface area contributed by atoms with Gasteiger partial charge in [0.05, 0.1) is 19.6 Å². The van der Waals surface area contributed by atoms with Gasteiger partial charge in [0.15, 0.2) is 18.1 Å². The minimum atomic E-state index is -1.14. The Morgan fingerprint density at radius 3 is 2.37 bits per heavy atom. The molecule has 0 bridgehead atoms. The number of hydrogen-bond donors (Lipinski definition) is 2. The summed E-state index contributed by atoms with van der Waals surface area (Å²) < 4.78 is 27.9. The largest absolute Gasteiger partial charge is 0.497 e. The van der Waals surface area contributed by atoms with Crippen LogP contribution < -0.4 is 23.7 Å². The van der Waals surface area contributed by atoms with Crippen LogP contribution in [0.2, 0.25) is 0 Å². The second kappa shape index (κ2) is 10.5. The first-order valence-electron chi connectivity index (χ1n) is 12.3. The van der Waals surface area contributed by atoms with E-state index in [9.17, 15) is 19.8 Å². The van der Waals surface area contributed by atoms with Gasteiger partial charge in [-0.05, 0) is 53.4 Å². The number of rotatable bonds is 10. The van der Waals surface area contributed by atoms with Gasteiger partial charge in [0, 0.05) is 23.5 Å². The van der Waals surface area contributed by atoms with Crippen molar-refractivity contribution >= 4 is 11.9 Å². The molecule has 3 atom stereocenters. The van der Waals surface area contributed by atoms with Gasteiger partial charge >= 0.3 is 11.9 Å². The Morgan fingerprint density at radius 2 is 1.63 bits per heavy atom. The van der Waals surface area contributed by atoms with Crippen LogP contribution in [0.1, 0.15) is 47.4 Å². The summed E-state index contributed by atoms with van der Waals surface area (Å²) in [5.74, 6) is -1.72. The third-order valence-electron chi connectivity index (χ3n) is 6.87. The molecule has 3 aromatic rings. The fourth-order valence-corrected chi connectivity index (χ4v) is 5.30. The molecule has 1 aliphatic heterocycles. The zero-order valence-corrected chi connectivity index (χ0v) is 21.0. The van der Waals surface area contributed by atoms with Crippen molar-refractivity contribution in [1.82, 2.24) is 0 Å². The number of carboxylic acids is 2. The number of benzene rings is 3. The Bertz CT molecular complexity index is 1370. The lowest BCUT2D eigenvalue weighted by atomic mass is 9.79. The lowest BCUT2D eigenvalue weighted by Crippen LogP contribution is -2.24. The van der Waals surface area contributed by atoms with Crippen LogP contribution in [0.5, 0.6) is 28.7 Å². The number of hydrogen-bond acceptors (Lipinski definition) is 7. The highest BCUT2D eigenvalue weighted by Crippen LogP contribution is 2.56. The van der Waals surface area contributed by atoms with E-state index in [2.05, 4.69) is 0 Å². The van der Waals surface area contributed by atoms with Crippen molar-refractivity contribution in [2.24, 2.45) is 5.92 Å². The van der Waals surface area contributed by atoms with Crippen molar-refractivity contribution in [3.8, 4) is 28.7 Å². The average molecular weight is 521 g/mol. The molecular formula is C29H28O9. The molecule has 0 fully saturated rings. The Kier molecular flexibility index (Phi) is 7.00. The molecule has 2 aliphatic rings. The maximum atomic E-state index is 13.0. The van der Waals surface area contributed by atoms with E-state index in [1.54, 1.807) is 24.3 Å². The van der Waals surface area contributed by atoms with Gasteiger partial charge in [-0.25, -0.2) is 4.79 Å². The molecule has 198 valence electrons. The SMILES string of the molecule is CCCOc1ccc2c(c1)[C@@H](c1ccc(OC)cc1OCC(=O)O)[C@@H](C(=O)O)[C@H]2c1ccc2c(c1)OCO2. The second-order valence-corrected chi connectivity index (χ2v) is 9.16. The summed E-state index contributed by atoms with van der Waals surface area (Å²) in [6, 6.07) is 16.2. The highest BCUT2D eigenvalue weighted by molar-refractivity contribution is 5.79. The number of methoxy groups -OCH3 is 1. The quantitative estimate of drug-likeness (QED) is 0.393. The van der Waals surface area contributed by atoms with Crippen molar-refractivity contribution < 1.29 is 43.5 Å². The summed E-state index contributed by atoms with van der Waals surface area (Å²) in [5, 5.41) is 19.9. The van der Waals surface area contributed by atoms with Gasteiger partial charge in [-0.1, -0.05) is 25.1 Å². The molecule has 9 nitrogen and oxygen atoms in total. The molecule has 0 spiro atoms. The summed E-state index contributed by atoms with van der Waals surface area (Å²) in [4.78, 5) is 24.3. The van der Waals surface area contributed by atoms with Crippen molar-refractivity contribution in [2.75, 3.05) is 27.1 Å². The van der Waals surface area contributed by atoms with Gasteiger partial charge in [-0.3, -0.25) is 4.79 Å². The van der Waals surface area contributed by atoms with Gasteiger partial charge in [0.1, 0.15) is 17.2 Å². The average Bonchev–Trinajstić information content (AvgIpc) is 3.52. The first-order valence-corrected chi connectivity index (χ1v) is 12.3. The molecule has 38 heavy (non-hydrogen) atoms. The molecule has 3 aromatic carbocycles. The Labute approximate surface area is 219 Å². The fraction of sp³-hybridized carbons (Fsp3) is 0.310. The predicted molar refractivity (Wildman–Crippen MR) is 136 cm³/mol. The van der Waals surface area contributed by atoms with Crippen LogP contribution in [-0.4, -0.2) is 49.3 Å². The Morgan fingerprint density at radius 1 is 0.868 bits per heavy atom. The minimum absolute atomic E-state index is 0.110. The number of carbonyl (C=O) groups is 2. The lowest BCUT2D eigenvalue weighted by molar-refractivity contribution is -0.142. The fourth-order valence-electron chi connectivity index (χ4n) is 5.30. The van der Waals surface area contributed by atoms with Crippen LogP contribution in [0, 0.1) is 5.92 Å². The van der Waals surface area contributed by atoms with Crippen molar-refractivity contribution in [3.05, 3.63) is 76.9 Å². The van der Waals surface area contributed by atoms with E-state index in [1.807, 2.05) is 37.3 Å². The zero-order valence-electron chi connectivity index (χ0n) is 21.0. The maximum Gasteiger partial charge on any atom is 0.341 e. The molecule has 0 saturated carbocycles. The van der Waals surface area contributed by atoms with Gasteiger partial charge in [0.25, 0.3) is 0 Å². The van der Waals surface area contributed by atoms with Crippen molar-refractivity contribution in [2.45, 2.75) is 25.2 Å². The third kappa shape index (κ3) is 4.67. The molecule has 0 amide bonds. The lowest BCUT2D eigenvalue weighted by Gasteiger charge is -2.24. The van der Waals surface area contributed by atoms with E-state index in [0.29, 0.717) is 35.2 Å². The third-order valence-corrected chi connectivity index (χ3v) is 6.87. The highest BCUT2D eigenvalue weighted by atomic mass is 16.7. The van der Waals surface area contributed by atoms with E-state index in [4.69, 9.17) is 23.7 Å². The van der Waals surface area contributed by atoms with Gasteiger partial charge in [-0.15, -0.1) is 0 Å². The predicted octanol–water partition coefficient (Wildman–Crippen LogP) is 4.65. The molecule has 2 N–H and O–H groups in total. The monoisotopic (exact) mass is 520 g/mol. The van der Waals surface area contributed by atoms with Gasteiger partial charge in [0.2, 0.25) is 6.79 Å². The van der Waals surface area contributed by atoms with E-state index in [0.717, 1.165) is 23.1 Å². The molecule has 0 unspecified atom stereocenters. The first kappa shape index (κ1) is 25.3.